The lowest BCUT2D eigenvalue weighted by molar-refractivity contribution is -0.160. The fraction of sp³-hybridized carbons (Fsp3) is 0.459. The Morgan fingerprint density at radius 3 is 2.22 bits per heavy atom. The fourth-order valence-electron chi connectivity index (χ4n) is 7.01. The van der Waals surface area contributed by atoms with Gasteiger partial charge in [-0.05, 0) is 143 Å². The highest BCUT2D eigenvalue weighted by molar-refractivity contribution is 5.95. The highest BCUT2D eigenvalue weighted by atomic mass is 19.1. The van der Waals surface area contributed by atoms with Gasteiger partial charge in [0.2, 0.25) is 0 Å². The summed E-state index contributed by atoms with van der Waals surface area (Å²) in [6.07, 6.45) is 1.34. The number of benzene rings is 3. The number of carboxylic acid groups (broad SMARTS) is 1. The number of carbonyl (C=O) groups is 2. The Balaban J connectivity index is 1.67. The van der Waals surface area contributed by atoms with Crippen molar-refractivity contribution < 1.29 is 33.3 Å². The van der Waals surface area contributed by atoms with Gasteiger partial charge in [-0.2, -0.15) is 0 Å². The van der Waals surface area contributed by atoms with Crippen LogP contribution in [0.1, 0.15) is 88.2 Å². The van der Waals surface area contributed by atoms with E-state index in [0.29, 0.717) is 61.2 Å². The average molecular weight is 618 g/mol. The van der Waals surface area contributed by atoms with Gasteiger partial charge in [-0.1, -0.05) is 0 Å². The quantitative estimate of drug-likeness (QED) is 0.314. The van der Waals surface area contributed by atoms with Crippen LogP contribution in [0.2, 0.25) is 0 Å². The zero-order valence-electron chi connectivity index (χ0n) is 27.7. The van der Waals surface area contributed by atoms with E-state index in [-0.39, 0.29) is 11.7 Å². The van der Waals surface area contributed by atoms with Crippen LogP contribution in [-0.4, -0.2) is 54.3 Å². The summed E-state index contributed by atoms with van der Waals surface area (Å²) in [5.74, 6) is -0.591. The van der Waals surface area contributed by atoms with Crippen molar-refractivity contribution in [1.29, 1.82) is 0 Å². The monoisotopic (exact) mass is 617 g/mol. The Bertz CT molecular complexity index is 1670. The Hall–Kier alpha value is -3.91. The Labute approximate surface area is 265 Å². The lowest BCUT2D eigenvalue weighted by atomic mass is 9.79. The van der Waals surface area contributed by atoms with Gasteiger partial charge in [0.1, 0.15) is 5.75 Å². The first-order valence-electron chi connectivity index (χ1n) is 15.7. The number of aryl methyl sites for hydroxylation is 1. The van der Waals surface area contributed by atoms with E-state index in [4.69, 9.17) is 14.2 Å². The Morgan fingerprint density at radius 1 is 0.956 bits per heavy atom. The number of hydrogen-bond donors (Lipinski definition) is 1. The Morgan fingerprint density at radius 2 is 1.62 bits per heavy atom. The molecule has 3 aromatic rings. The normalized spacial score (nSPS) is 15.4. The second-order valence-corrected chi connectivity index (χ2v) is 13.2. The molecule has 0 aromatic heterocycles. The van der Waals surface area contributed by atoms with Gasteiger partial charge in [0.15, 0.2) is 17.7 Å². The maximum atomic E-state index is 15.6. The van der Waals surface area contributed by atoms with E-state index < -0.39 is 23.5 Å². The molecule has 45 heavy (non-hydrogen) atoms. The van der Waals surface area contributed by atoms with Gasteiger partial charge in [0, 0.05) is 29.8 Å². The molecule has 240 valence electrons. The van der Waals surface area contributed by atoms with Crippen molar-refractivity contribution in [3.8, 4) is 22.6 Å². The molecule has 5 rings (SSSR count). The topological polar surface area (TPSA) is 85.3 Å². The van der Waals surface area contributed by atoms with Crippen molar-refractivity contribution in [1.82, 2.24) is 4.90 Å². The number of hydrogen-bond acceptors (Lipinski definition) is 5. The molecule has 2 aliphatic heterocycles. The van der Waals surface area contributed by atoms with Crippen LogP contribution < -0.4 is 9.47 Å². The summed E-state index contributed by atoms with van der Waals surface area (Å²) in [7, 11) is 1.61. The summed E-state index contributed by atoms with van der Waals surface area (Å²) in [5.41, 5.74) is 8.13. The molecule has 0 radical (unpaired) electrons. The Kier molecular flexibility index (Phi) is 9.00. The second kappa shape index (κ2) is 12.5. The van der Waals surface area contributed by atoms with Crippen LogP contribution >= 0.6 is 0 Å². The molecular formula is C37H44FNO6. The minimum absolute atomic E-state index is 0.0589. The van der Waals surface area contributed by atoms with Crippen molar-refractivity contribution in [3.63, 3.8) is 0 Å². The molecule has 1 N–H and O–H groups in total. The lowest BCUT2D eigenvalue weighted by Crippen LogP contribution is -2.33. The molecule has 0 unspecified atom stereocenters. The largest absolute Gasteiger partial charge is 0.496 e. The SMILES string of the molecule is COc1ccc(C(=O)N2CCc3c(C)c(-c4cc(F)c5c(c4C)CCCO5)c([C@H](OC(C)(C)C)C(=O)O)c(C)c3CC2)cc1C. The van der Waals surface area contributed by atoms with E-state index in [1.165, 1.54) is 6.07 Å². The standard InChI is InChI=1S/C37H44FNO6/c1-20-18-24(11-12-30(20)43-8)35(40)39-15-13-25-22(3)31(28-19-29(38)33-27(21(28)2)10-9-17-44-33)32(23(4)26(25)14-16-39)34(36(41)42)45-37(5,6)7/h11-12,18-19,34H,9-10,13-17H2,1-8H3,(H,41,42)/t34-/m0/s1. The van der Waals surface area contributed by atoms with Crippen LogP contribution in [0.3, 0.4) is 0 Å². The fourth-order valence-corrected chi connectivity index (χ4v) is 7.01. The number of ether oxygens (including phenoxy) is 3. The molecule has 1 atom stereocenters. The van der Waals surface area contributed by atoms with E-state index >= 15 is 4.39 Å². The van der Waals surface area contributed by atoms with E-state index in [2.05, 4.69) is 0 Å². The number of rotatable bonds is 6. The summed E-state index contributed by atoms with van der Waals surface area (Å²) in [4.78, 5) is 28.5. The van der Waals surface area contributed by atoms with Crippen molar-refractivity contribution >= 4 is 11.9 Å². The van der Waals surface area contributed by atoms with Crippen LogP contribution in [0.5, 0.6) is 11.5 Å². The minimum atomic E-state index is -1.28. The van der Waals surface area contributed by atoms with Gasteiger partial charge in [-0.15, -0.1) is 0 Å². The molecule has 0 spiro atoms. The molecule has 0 aliphatic carbocycles. The van der Waals surface area contributed by atoms with Crippen LogP contribution in [0.15, 0.2) is 24.3 Å². The van der Waals surface area contributed by atoms with Crippen molar-refractivity contribution in [2.24, 2.45) is 0 Å². The van der Waals surface area contributed by atoms with Gasteiger partial charge in [0.25, 0.3) is 5.91 Å². The number of carbonyl (C=O) groups excluding carboxylic acids is 1. The van der Waals surface area contributed by atoms with Crippen molar-refractivity contribution in [3.05, 3.63) is 80.2 Å². The lowest BCUT2D eigenvalue weighted by Gasteiger charge is -2.31. The number of nitrogens with zero attached hydrogens (tertiary/aromatic N) is 1. The number of fused-ring (bicyclic) bond motifs is 2. The molecule has 0 saturated carbocycles. The zero-order chi connectivity index (χ0) is 32.8. The molecule has 3 aromatic carbocycles. The highest BCUT2D eigenvalue weighted by Crippen LogP contribution is 2.46. The van der Waals surface area contributed by atoms with Gasteiger partial charge < -0.3 is 24.2 Å². The molecule has 8 heteroatoms. The maximum Gasteiger partial charge on any atom is 0.337 e. The van der Waals surface area contributed by atoms with Gasteiger partial charge in [-0.3, -0.25) is 4.79 Å². The zero-order valence-corrected chi connectivity index (χ0v) is 27.7. The third kappa shape index (κ3) is 6.17. The van der Waals surface area contributed by atoms with Crippen molar-refractivity contribution in [2.45, 2.75) is 85.9 Å². The number of carboxylic acids is 1. The second-order valence-electron chi connectivity index (χ2n) is 13.2. The third-order valence-electron chi connectivity index (χ3n) is 9.17. The first kappa shape index (κ1) is 32.5. The summed E-state index contributed by atoms with van der Waals surface area (Å²) < 4.78 is 33.0. The smallest absolute Gasteiger partial charge is 0.337 e. The summed E-state index contributed by atoms with van der Waals surface area (Å²) in [5, 5.41) is 10.6. The molecule has 0 fully saturated rings. The van der Waals surface area contributed by atoms with Crippen LogP contribution in [0, 0.1) is 33.5 Å². The summed E-state index contributed by atoms with van der Waals surface area (Å²) >= 11 is 0. The number of amides is 1. The molecule has 0 saturated heterocycles. The van der Waals surface area contributed by atoms with E-state index in [0.717, 1.165) is 51.1 Å². The van der Waals surface area contributed by atoms with Gasteiger partial charge >= 0.3 is 5.97 Å². The molecule has 2 aliphatic rings. The summed E-state index contributed by atoms with van der Waals surface area (Å²) in [6.45, 7) is 14.8. The molecule has 2 heterocycles. The van der Waals surface area contributed by atoms with Crippen LogP contribution in [0.4, 0.5) is 4.39 Å². The minimum Gasteiger partial charge on any atom is -0.496 e. The first-order chi connectivity index (χ1) is 21.2. The van der Waals surface area contributed by atoms with Gasteiger partial charge in [-0.25, -0.2) is 9.18 Å². The predicted octanol–water partition coefficient (Wildman–Crippen LogP) is 7.24. The highest BCUT2D eigenvalue weighted by Gasteiger charge is 2.36. The molecular weight excluding hydrogens is 573 g/mol. The van der Waals surface area contributed by atoms with Gasteiger partial charge in [0.05, 0.1) is 19.3 Å². The van der Waals surface area contributed by atoms with Crippen LogP contribution in [0.25, 0.3) is 11.1 Å². The number of methoxy groups -OCH3 is 1. The average Bonchev–Trinajstić information content (AvgIpc) is 3.23. The molecule has 7 nitrogen and oxygen atoms in total. The van der Waals surface area contributed by atoms with Crippen LogP contribution in [-0.2, 0) is 28.8 Å². The predicted molar refractivity (Wildman–Crippen MR) is 172 cm³/mol. The maximum absolute atomic E-state index is 15.6. The number of aliphatic carboxylic acids is 1. The van der Waals surface area contributed by atoms with E-state index in [1.807, 2.05) is 65.5 Å². The third-order valence-corrected chi connectivity index (χ3v) is 9.17. The van der Waals surface area contributed by atoms with E-state index in [1.54, 1.807) is 13.2 Å². The van der Waals surface area contributed by atoms with Crippen molar-refractivity contribution in [2.75, 3.05) is 26.8 Å². The summed E-state index contributed by atoms with van der Waals surface area (Å²) in [6, 6.07) is 6.95. The molecule has 0 bridgehead atoms. The number of halogens is 1. The van der Waals surface area contributed by atoms with E-state index in [9.17, 15) is 14.7 Å². The first-order valence-corrected chi connectivity index (χ1v) is 15.7. The molecule has 1 amide bonds.